The van der Waals surface area contributed by atoms with Gasteiger partial charge in [-0.3, -0.25) is 9.59 Å². The summed E-state index contributed by atoms with van der Waals surface area (Å²) < 4.78 is 15.3. The van der Waals surface area contributed by atoms with Crippen LogP contribution in [0.3, 0.4) is 0 Å². The van der Waals surface area contributed by atoms with E-state index in [0.717, 1.165) is 41.2 Å². The number of carbonyl (C=O) groups excluding carboxylic acids is 2. The molecule has 1 fully saturated rings. The number of ether oxygens (including phenoxy) is 2. The maximum absolute atomic E-state index is 12.2. The topological polar surface area (TPSA) is 198 Å². The van der Waals surface area contributed by atoms with E-state index in [0.29, 0.717) is 76.2 Å². The number of likely N-dealkylation sites (tertiary alicyclic amines) is 1. The van der Waals surface area contributed by atoms with Crippen LogP contribution in [-0.4, -0.2) is 80.7 Å². The molecule has 0 unspecified atom stereocenters. The van der Waals surface area contributed by atoms with Crippen molar-refractivity contribution in [3.8, 4) is 45.5 Å². The normalized spacial score (nSPS) is 14.5. The van der Waals surface area contributed by atoms with Crippen LogP contribution in [0.1, 0.15) is 18.9 Å². The zero-order chi connectivity index (χ0) is 45.6. The first-order valence-corrected chi connectivity index (χ1v) is 21.2. The molecule has 2 amide bonds. The van der Waals surface area contributed by atoms with Crippen LogP contribution in [0.25, 0.3) is 50.3 Å². The number of amides is 2. The molecule has 1 saturated heterocycles. The van der Waals surface area contributed by atoms with Crippen LogP contribution in [0.15, 0.2) is 166 Å². The first-order chi connectivity index (χ1) is 32.3. The molecule has 4 aromatic carbocycles. The first kappa shape index (κ1) is 42.4. The van der Waals surface area contributed by atoms with E-state index in [2.05, 4.69) is 33.1 Å². The molecule has 0 radical (unpaired) electrons. The highest BCUT2D eigenvalue weighted by atomic mass is 16.5. The molecule has 4 aromatic heterocycles. The quantitative estimate of drug-likeness (QED) is 0.125. The van der Waals surface area contributed by atoms with Crippen molar-refractivity contribution in [2.75, 3.05) is 31.1 Å². The van der Waals surface area contributed by atoms with Crippen molar-refractivity contribution in [1.29, 1.82) is 0 Å². The van der Waals surface area contributed by atoms with E-state index in [9.17, 15) is 9.59 Å². The van der Waals surface area contributed by atoms with Crippen LogP contribution in [0.4, 0.5) is 11.6 Å². The lowest BCUT2D eigenvalue weighted by atomic mass is 10.1. The van der Waals surface area contributed by atoms with Gasteiger partial charge in [-0.25, -0.2) is 29.3 Å². The summed E-state index contributed by atoms with van der Waals surface area (Å²) >= 11 is 0. The van der Waals surface area contributed by atoms with Gasteiger partial charge in [0, 0.05) is 37.0 Å². The van der Waals surface area contributed by atoms with E-state index in [4.69, 9.17) is 31.1 Å². The molecule has 8 aromatic rings. The number of anilines is 2. The van der Waals surface area contributed by atoms with Crippen LogP contribution in [0.5, 0.6) is 23.0 Å². The monoisotopic (exact) mass is 876 g/mol. The van der Waals surface area contributed by atoms with E-state index in [1.54, 1.807) is 20.7 Å². The standard InChI is InChI=1S/C25H24N6O2.C25H20N6O2/c2*1-2-21(32)30-14-6-7-18(15-30)31-25-22(24(26)27-16-28-25)23(29-31)17-10-12-20(13-11-17)33-19-8-4-3-5-9-19/h2-5,8-13,16,18H,1,6-7,14-15H2,(H2,26,27,28);2-13,15-16H,1,14H2,(H2,26,27,28)/t18-;/m1./s1. The van der Waals surface area contributed by atoms with E-state index < -0.39 is 0 Å². The highest BCUT2D eigenvalue weighted by molar-refractivity contribution is 6.00. The van der Waals surface area contributed by atoms with E-state index in [1.165, 1.54) is 24.8 Å². The lowest BCUT2D eigenvalue weighted by molar-refractivity contribution is -0.127. The SMILES string of the molecule is C=CC(=O)N1C=C(n2nc(-c3ccc(Oc4ccccc4)cc3)c3c(N)ncnc32)C=CC1.C=CC(=O)N1CCC[C@@H](n2nc(-c3ccc(Oc4ccccc4)cc3)c3c(N)ncnc32)C1. The minimum atomic E-state index is -0.198. The number of para-hydroxylation sites is 2. The minimum Gasteiger partial charge on any atom is -0.457 e. The Balaban J connectivity index is 0.000000166. The van der Waals surface area contributed by atoms with Crippen LogP contribution < -0.4 is 20.9 Å². The summed E-state index contributed by atoms with van der Waals surface area (Å²) in [5.41, 5.74) is 17.4. The third-order valence-electron chi connectivity index (χ3n) is 11.0. The van der Waals surface area contributed by atoms with Crippen molar-refractivity contribution in [2.24, 2.45) is 0 Å². The molecule has 16 heteroatoms. The van der Waals surface area contributed by atoms with Crippen molar-refractivity contribution in [3.63, 3.8) is 0 Å². The summed E-state index contributed by atoms with van der Waals surface area (Å²) in [7, 11) is 0. The molecule has 328 valence electrons. The Morgan fingerprint density at radius 2 is 1.18 bits per heavy atom. The molecule has 0 spiro atoms. The summed E-state index contributed by atoms with van der Waals surface area (Å²) in [6, 6.07) is 34.5. The van der Waals surface area contributed by atoms with Gasteiger partial charge in [0.25, 0.3) is 0 Å². The molecule has 10 rings (SSSR count). The van der Waals surface area contributed by atoms with Crippen LogP contribution >= 0.6 is 0 Å². The molecule has 0 aliphatic carbocycles. The molecule has 1 atom stereocenters. The Morgan fingerprint density at radius 1 is 0.652 bits per heavy atom. The molecular formula is C50H44N12O4. The summed E-state index contributed by atoms with van der Waals surface area (Å²) in [4.78, 5) is 44.9. The molecule has 2 aliphatic heterocycles. The Labute approximate surface area is 379 Å². The number of fused-ring (bicyclic) bond motifs is 2. The number of carbonyl (C=O) groups is 2. The van der Waals surface area contributed by atoms with Gasteiger partial charge < -0.3 is 30.7 Å². The second-order valence-electron chi connectivity index (χ2n) is 15.3. The Hall–Kier alpha value is -8.92. The number of hydrogen-bond donors (Lipinski definition) is 2. The Bertz CT molecular complexity index is 3130. The molecule has 6 heterocycles. The van der Waals surface area contributed by atoms with Gasteiger partial charge in [0.1, 0.15) is 58.7 Å². The molecule has 4 N–H and O–H groups in total. The number of nitrogens with zero attached hydrogens (tertiary/aromatic N) is 10. The van der Waals surface area contributed by atoms with Gasteiger partial charge in [-0.15, -0.1) is 0 Å². The predicted octanol–water partition coefficient (Wildman–Crippen LogP) is 8.47. The number of benzene rings is 4. The van der Waals surface area contributed by atoms with Crippen molar-refractivity contribution in [2.45, 2.75) is 18.9 Å². The number of allylic oxidation sites excluding steroid dienone is 2. The number of rotatable bonds is 10. The van der Waals surface area contributed by atoms with E-state index in [-0.39, 0.29) is 17.9 Å². The molecule has 0 saturated carbocycles. The fourth-order valence-electron chi connectivity index (χ4n) is 7.84. The first-order valence-electron chi connectivity index (χ1n) is 21.2. The third-order valence-corrected chi connectivity index (χ3v) is 11.0. The molecule has 2 aliphatic rings. The van der Waals surface area contributed by atoms with Crippen molar-refractivity contribution in [1.82, 2.24) is 49.3 Å². The largest absolute Gasteiger partial charge is 0.457 e. The fourth-order valence-corrected chi connectivity index (χ4v) is 7.84. The maximum Gasteiger partial charge on any atom is 0.250 e. The number of piperidine rings is 1. The van der Waals surface area contributed by atoms with Crippen molar-refractivity contribution >= 4 is 51.2 Å². The van der Waals surface area contributed by atoms with Gasteiger partial charge >= 0.3 is 0 Å². The second-order valence-corrected chi connectivity index (χ2v) is 15.3. The van der Waals surface area contributed by atoms with Gasteiger partial charge in [-0.05, 0) is 104 Å². The smallest absolute Gasteiger partial charge is 0.250 e. The Morgan fingerprint density at radius 3 is 1.76 bits per heavy atom. The summed E-state index contributed by atoms with van der Waals surface area (Å²) in [5, 5.41) is 11.0. The number of hydrogen-bond acceptors (Lipinski definition) is 12. The van der Waals surface area contributed by atoms with Gasteiger partial charge in [0.15, 0.2) is 11.3 Å². The highest BCUT2D eigenvalue weighted by Gasteiger charge is 2.28. The fraction of sp³-hybridized carbons (Fsp3) is 0.120. The molecule has 0 bridgehead atoms. The zero-order valence-electron chi connectivity index (χ0n) is 35.7. The second kappa shape index (κ2) is 18.8. The average Bonchev–Trinajstić information content (AvgIpc) is 3.96. The minimum absolute atomic E-state index is 0.00566. The van der Waals surface area contributed by atoms with Crippen LogP contribution in [0, 0.1) is 0 Å². The zero-order valence-corrected chi connectivity index (χ0v) is 35.7. The third kappa shape index (κ3) is 8.83. The number of nitrogens with two attached hydrogens (primary N) is 2. The number of aromatic nitrogens is 8. The Kier molecular flexibility index (Phi) is 12.1. The van der Waals surface area contributed by atoms with Crippen molar-refractivity contribution < 1.29 is 19.1 Å². The van der Waals surface area contributed by atoms with Gasteiger partial charge in [-0.1, -0.05) is 55.6 Å². The summed E-state index contributed by atoms with van der Waals surface area (Å²) in [6.07, 6.45) is 12.7. The van der Waals surface area contributed by atoms with Crippen LogP contribution in [0.2, 0.25) is 0 Å². The van der Waals surface area contributed by atoms with E-state index in [1.807, 2.05) is 126 Å². The van der Waals surface area contributed by atoms with Gasteiger partial charge in [0.2, 0.25) is 11.8 Å². The van der Waals surface area contributed by atoms with Gasteiger partial charge in [0.05, 0.1) is 22.5 Å². The predicted molar refractivity (Wildman–Crippen MR) is 254 cm³/mol. The van der Waals surface area contributed by atoms with Crippen molar-refractivity contribution in [3.05, 3.63) is 166 Å². The van der Waals surface area contributed by atoms with Gasteiger partial charge in [-0.2, -0.15) is 10.2 Å². The maximum atomic E-state index is 12.2. The molecule has 66 heavy (non-hydrogen) atoms. The van der Waals surface area contributed by atoms with Crippen LogP contribution in [-0.2, 0) is 9.59 Å². The lowest BCUT2D eigenvalue weighted by Crippen LogP contribution is -2.40. The number of nitrogen functional groups attached to an aromatic ring is 2. The highest BCUT2D eigenvalue weighted by Crippen LogP contribution is 2.36. The molecule has 16 nitrogen and oxygen atoms in total. The molecular weight excluding hydrogens is 833 g/mol. The summed E-state index contributed by atoms with van der Waals surface area (Å²) in [5.74, 6) is 3.39. The average molecular weight is 877 g/mol. The lowest BCUT2D eigenvalue weighted by Gasteiger charge is -2.32. The van der Waals surface area contributed by atoms with E-state index >= 15 is 0 Å². The summed E-state index contributed by atoms with van der Waals surface area (Å²) in [6.45, 7) is 8.89.